The van der Waals surface area contributed by atoms with E-state index < -0.39 is 5.69 Å². The molecule has 0 aromatic heterocycles. The standard InChI is InChI=1S/C4H11O2PS2.C4H11P/c1-3-6-7(5,8)9-4-2;1-2-3-4-5/h3-4H2,1-2H3,(H,5,8);2-5H2,1H3. The first-order valence-electron chi connectivity index (χ1n) is 4.85. The van der Waals surface area contributed by atoms with Crippen LogP contribution in [0.4, 0.5) is 0 Å². The molecule has 0 fully saturated rings. The predicted octanol–water partition coefficient (Wildman–Crippen LogP) is 3.65. The predicted molar refractivity (Wildman–Crippen MR) is 75.7 cm³/mol. The molecule has 2 atom stereocenters. The lowest BCUT2D eigenvalue weighted by atomic mass is 10.4. The minimum absolute atomic E-state index is 0.501. The van der Waals surface area contributed by atoms with Crippen molar-refractivity contribution in [2.24, 2.45) is 0 Å². The van der Waals surface area contributed by atoms with E-state index >= 15 is 0 Å². The first-order valence-corrected chi connectivity index (χ1v) is 9.93. The van der Waals surface area contributed by atoms with Gasteiger partial charge in [-0.15, -0.1) is 9.24 Å². The molecular formula is C8H22O2P2S2. The Morgan fingerprint density at radius 1 is 1.43 bits per heavy atom. The van der Waals surface area contributed by atoms with E-state index in [1.807, 2.05) is 13.8 Å². The van der Waals surface area contributed by atoms with Crippen LogP contribution in [-0.4, -0.2) is 23.4 Å². The van der Waals surface area contributed by atoms with Crippen molar-refractivity contribution in [2.75, 3.05) is 18.5 Å². The first kappa shape index (κ1) is 17.7. The van der Waals surface area contributed by atoms with Crippen LogP contribution >= 0.6 is 26.3 Å². The van der Waals surface area contributed by atoms with Gasteiger partial charge in [0.15, 0.2) is 0 Å². The molecule has 0 amide bonds. The lowest BCUT2D eigenvalue weighted by Gasteiger charge is -2.11. The molecule has 6 heteroatoms. The third-order valence-corrected chi connectivity index (χ3v) is 6.05. The van der Waals surface area contributed by atoms with Crippen LogP contribution < -0.4 is 0 Å². The minimum Gasteiger partial charge on any atom is -0.337 e. The Hall–Kier alpha value is 1.35. The maximum Gasteiger partial charge on any atom is 0.244 e. The summed E-state index contributed by atoms with van der Waals surface area (Å²) in [6.07, 6.45) is 3.94. The molecule has 0 saturated heterocycles. The van der Waals surface area contributed by atoms with Gasteiger partial charge in [-0.1, -0.05) is 38.1 Å². The molecule has 1 N–H and O–H groups in total. The molecule has 0 rings (SSSR count). The van der Waals surface area contributed by atoms with Gasteiger partial charge in [0.05, 0.1) is 6.61 Å². The van der Waals surface area contributed by atoms with Gasteiger partial charge in [0.1, 0.15) is 0 Å². The SMILES string of the molecule is CCCCP.CCOP(O)(=S)SCC. The van der Waals surface area contributed by atoms with Crippen molar-refractivity contribution in [3.05, 3.63) is 0 Å². The van der Waals surface area contributed by atoms with Gasteiger partial charge in [0, 0.05) is 0 Å². The quantitative estimate of drug-likeness (QED) is 0.750. The van der Waals surface area contributed by atoms with E-state index in [-0.39, 0.29) is 0 Å². The fraction of sp³-hybridized carbons (Fsp3) is 1.00. The molecule has 14 heavy (non-hydrogen) atoms. The Kier molecular flexibility index (Phi) is 15.7. The van der Waals surface area contributed by atoms with Crippen molar-refractivity contribution in [3.63, 3.8) is 0 Å². The van der Waals surface area contributed by atoms with Crippen LogP contribution in [0, 0.1) is 0 Å². The molecular weight excluding hydrogens is 254 g/mol. The normalized spacial score (nSPS) is 14.1. The number of rotatable bonds is 6. The molecule has 0 aromatic rings. The van der Waals surface area contributed by atoms with Crippen molar-refractivity contribution in [1.82, 2.24) is 0 Å². The average Bonchev–Trinajstić information content (AvgIpc) is 2.06. The number of hydrogen-bond acceptors (Lipinski definition) is 3. The van der Waals surface area contributed by atoms with Crippen LogP contribution in [-0.2, 0) is 16.3 Å². The maximum atomic E-state index is 9.18. The van der Waals surface area contributed by atoms with Crippen molar-refractivity contribution in [3.8, 4) is 0 Å². The van der Waals surface area contributed by atoms with E-state index in [0.29, 0.717) is 6.61 Å². The van der Waals surface area contributed by atoms with E-state index in [1.165, 1.54) is 30.4 Å². The zero-order chi connectivity index (χ0) is 11.4. The maximum absolute atomic E-state index is 9.18. The molecule has 0 saturated carbocycles. The molecule has 0 aliphatic heterocycles. The Labute approximate surface area is 99.7 Å². The molecule has 88 valence electrons. The van der Waals surface area contributed by atoms with Crippen molar-refractivity contribution in [2.45, 2.75) is 33.6 Å². The van der Waals surface area contributed by atoms with Gasteiger partial charge in [-0.2, -0.15) is 0 Å². The molecule has 2 unspecified atom stereocenters. The molecule has 0 heterocycles. The second-order valence-corrected chi connectivity index (χ2v) is 9.49. The van der Waals surface area contributed by atoms with Gasteiger partial charge in [-0.25, -0.2) is 0 Å². The largest absolute Gasteiger partial charge is 0.337 e. The summed E-state index contributed by atoms with van der Waals surface area (Å²) >= 11 is 6.07. The third kappa shape index (κ3) is 15.8. The van der Waals surface area contributed by atoms with Crippen LogP contribution in [0.5, 0.6) is 0 Å². The van der Waals surface area contributed by atoms with Gasteiger partial charge in [-0.05, 0) is 30.6 Å². The van der Waals surface area contributed by atoms with Crippen LogP contribution in [0.2, 0.25) is 0 Å². The third-order valence-electron chi connectivity index (χ3n) is 1.14. The monoisotopic (exact) mass is 276 g/mol. The zero-order valence-electron chi connectivity index (χ0n) is 9.23. The van der Waals surface area contributed by atoms with Gasteiger partial charge in [0.2, 0.25) is 5.69 Å². The molecule has 0 bridgehead atoms. The van der Waals surface area contributed by atoms with E-state index in [2.05, 4.69) is 16.2 Å². The summed E-state index contributed by atoms with van der Waals surface area (Å²) in [5, 5.41) is 0. The second kappa shape index (κ2) is 12.4. The topological polar surface area (TPSA) is 29.5 Å². The van der Waals surface area contributed by atoms with Crippen LogP contribution in [0.3, 0.4) is 0 Å². The second-order valence-electron chi connectivity index (χ2n) is 2.45. The van der Waals surface area contributed by atoms with E-state index in [9.17, 15) is 4.89 Å². The van der Waals surface area contributed by atoms with Gasteiger partial charge in [-0.3, -0.25) is 0 Å². The first-order chi connectivity index (χ1) is 6.54. The highest BCUT2D eigenvalue weighted by atomic mass is 32.9. The summed E-state index contributed by atoms with van der Waals surface area (Å²) in [5.41, 5.74) is -2.44. The highest BCUT2D eigenvalue weighted by Crippen LogP contribution is 2.55. The van der Waals surface area contributed by atoms with Gasteiger partial charge >= 0.3 is 0 Å². The Morgan fingerprint density at radius 3 is 2.21 bits per heavy atom. The molecule has 0 aromatic carbocycles. The molecule has 0 spiro atoms. The average molecular weight is 276 g/mol. The number of hydrogen-bond donors (Lipinski definition) is 1. The fourth-order valence-electron chi connectivity index (χ4n) is 0.568. The zero-order valence-corrected chi connectivity index (χ0v) is 12.9. The lowest BCUT2D eigenvalue weighted by Crippen LogP contribution is -1.83. The summed E-state index contributed by atoms with van der Waals surface area (Å²) in [7, 11) is 2.70. The minimum atomic E-state index is -2.44. The highest BCUT2D eigenvalue weighted by molar-refractivity contribution is 8.67. The van der Waals surface area contributed by atoms with Crippen molar-refractivity contribution >= 4 is 38.1 Å². The molecule has 0 aliphatic rings. The smallest absolute Gasteiger partial charge is 0.244 e. The van der Waals surface area contributed by atoms with Crippen LogP contribution in [0.15, 0.2) is 0 Å². The summed E-state index contributed by atoms with van der Waals surface area (Å²) in [6, 6.07) is 0. The van der Waals surface area contributed by atoms with Gasteiger partial charge in [0.25, 0.3) is 0 Å². The van der Waals surface area contributed by atoms with E-state index in [1.54, 1.807) is 0 Å². The van der Waals surface area contributed by atoms with Gasteiger partial charge < -0.3 is 9.42 Å². The molecule has 0 radical (unpaired) electrons. The molecule has 2 nitrogen and oxygen atoms in total. The van der Waals surface area contributed by atoms with Crippen LogP contribution in [0.1, 0.15) is 33.6 Å². The summed E-state index contributed by atoms with van der Waals surface area (Å²) in [4.78, 5) is 9.18. The van der Waals surface area contributed by atoms with Crippen molar-refractivity contribution < 1.29 is 9.42 Å². The lowest BCUT2D eigenvalue weighted by molar-refractivity contribution is 0.341. The number of unbranched alkanes of at least 4 members (excludes halogenated alkanes) is 1. The van der Waals surface area contributed by atoms with Crippen molar-refractivity contribution in [1.29, 1.82) is 0 Å². The van der Waals surface area contributed by atoms with E-state index in [0.717, 1.165) is 5.75 Å². The Morgan fingerprint density at radius 2 is 2.00 bits per heavy atom. The highest BCUT2D eigenvalue weighted by Gasteiger charge is 2.10. The summed E-state index contributed by atoms with van der Waals surface area (Å²) in [6.45, 7) is 6.47. The summed E-state index contributed by atoms with van der Waals surface area (Å²) < 4.78 is 4.91. The Balaban J connectivity index is 0. The Bertz CT molecular complexity index is 144. The van der Waals surface area contributed by atoms with E-state index in [4.69, 9.17) is 16.3 Å². The molecule has 0 aliphatic carbocycles. The fourth-order valence-corrected chi connectivity index (χ4v) is 4.49. The summed E-state index contributed by atoms with van der Waals surface area (Å²) in [5.74, 6) is 0.813. The van der Waals surface area contributed by atoms with Crippen LogP contribution in [0.25, 0.3) is 0 Å².